The van der Waals surface area contributed by atoms with Crippen molar-refractivity contribution in [2.75, 3.05) is 11.9 Å². The Morgan fingerprint density at radius 3 is 2.04 bits per heavy atom. The minimum Gasteiger partial charge on any atom is -0.480 e. The number of carbonyl (C=O) groups is 5. The van der Waals surface area contributed by atoms with Crippen molar-refractivity contribution in [3.8, 4) is 0 Å². The SMILES string of the molecule is C.CC1(C)[C@@H](C(=O)N[C@@H](Cc2ccc(NC(=O)c3c(Cl)cccc3Cl)cc2)C(=O)O)CC[C@@]1(C)C(=O)N[C@H](CCCCN)C(=O)O. The summed E-state index contributed by atoms with van der Waals surface area (Å²) in [6, 6.07) is 8.87. The van der Waals surface area contributed by atoms with Crippen molar-refractivity contribution in [2.24, 2.45) is 22.5 Å². The Labute approximate surface area is 279 Å². The molecular weight excluding hydrogens is 635 g/mol. The molecule has 4 atom stereocenters. The first-order valence-corrected chi connectivity index (χ1v) is 15.5. The smallest absolute Gasteiger partial charge is 0.326 e. The number of carboxylic acid groups (broad SMARTS) is 2. The highest BCUT2D eigenvalue weighted by molar-refractivity contribution is 6.40. The molecular formula is C33H44Cl2N4O7. The van der Waals surface area contributed by atoms with E-state index in [2.05, 4.69) is 16.0 Å². The fourth-order valence-electron chi connectivity index (χ4n) is 5.77. The van der Waals surface area contributed by atoms with Crippen LogP contribution in [0.25, 0.3) is 0 Å². The van der Waals surface area contributed by atoms with Gasteiger partial charge in [-0.05, 0) is 73.9 Å². The molecule has 3 amide bonds. The first-order valence-electron chi connectivity index (χ1n) is 14.7. The number of benzene rings is 2. The Morgan fingerprint density at radius 1 is 0.913 bits per heavy atom. The third-order valence-electron chi connectivity index (χ3n) is 9.05. The van der Waals surface area contributed by atoms with E-state index in [1.165, 1.54) is 0 Å². The lowest BCUT2D eigenvalue weighted by atomic mass is 9.65. The van der Waals surface area contributed by atoms with Gasteiger partial charge in [0.1, 0.15) is 12.1 Å². The Bertz CT molecular complexity index is 1410. The number of aliphatic carboxylic acids is 2. The van der Waals surface area contributed by atoms with Crippen LogP contribution in [0.5, 0.6) is 0 Å². The normalized spacial score (nSPS) is 19.7. The second-order valence-corrected chi connectivity index (χ2v) is 13.0. The number of nitrogens with two attached hydrogens (primary N) is 1. The van der Waals surface area contributed by atoms with Crippen molar-refractivity contribution in [1.29, 1.82) is 0 Å². The van der Waals surface area contributed by atoms with Gasteiger partial charge in [0.15, 0.2) is 0 Å². The Kier molecular flexibility index (Phi) is 13.6. The number of rotatable bonds is 14. The van der Waals surface area contributed by atoms with Gasteiger partial charge in [-0.1, -0.05) is 69.6 Å². The summed E-state index contributed by atoms with van der Waals surface area (Å²) < 4.78 is 0. The maximum atomic E-state index is 13.5. The molecule has 0 aromatic heterocycles. The maximum Gasteiger partial charge on any atom is 0.326 e. The van der Waals surface area contributed by atoms with Gasteiger partial charge in [-0.15, -0.1) is 0 Å². The van der Waals surface area contributed by atoms with E-state index in [4.69, 9.17) is 28.9 Å². The van der Waals surface area contributed by atoms with Gasteiger partial charge in [0.2, 0.25) is 11.8 Å². The van der Waals surface area contributed by atoms with Gasteiger partial charge in [0, 0.05) is 18.0 Å². The van der Waals surface area contributed by atoms with Crippen molar-refractivity contribution >= 4 is 58.5 Å². The predicted molar refractivity (Wildman–Crippen MR) is 178 cm³/mol. The van der Waals surface area contributed by atoms with Crippen LogP contribution in [0.1, 0.15) is 76.2 Å². The number of carboxylic acids is 2. The lowest BCUT2D eigenvalue weighted by molar-refractivity contribution is -0.147. The van der Waals surface area contributed by atoms with E-state index in [0.29, 0.717) is 43.5 Å². The van der Waals surface area contributed by atoms with Crippen molar-refractivity contribution in [2.45, 2.75) is 78.8 Å². The molecule has 2 aromatic carbocycles. The third kappa shape index (κ3) is 8.77. The molecule has 1 fully saturated rings. The van der Waals surface area contributed by atoms with Gasteiger partial charge < -0.3 is 31.9 Å². The highest BCUT2D eigenvalue weighted by atomic mass is 35.5. The van der Waals surface area contributed by atoms with E-state index in [9.17, 15) is 34.2 Å². The van der Waals surface area contributed by atoms with Crippen molar-refractivity contribution in [1.82, 2.24) is 10.6 Å². The van der Waals surface area contributed by atoms with Crippen LogP contribution in [0.2, 0.25) is 10.0 Å². The molecule has 0 spiro atoms. The van der Waals surface area contributed by atoms with Crippen LogP contribution < -0.4 is 21.7 Å². The van der Waals surface area contributed by atoms with E-state index >= 15 is 0 Å². The fraction of sp³-hybridized carbons (Fsp3) is 0.485. The van der Waals surface area contributed by atoms with E-state index in [-0.39, 0.29) is 35.9 Å². The quantitative estimate of drug-likeness (QED) is 0.148. The van der Waals surface area contributed by atoms with Crippen LogP contribution in [0.4, 0.5) is 5.69 Å². The average Bonchev–Trinajstić information content (AvgIpc) is 3.21. The summed E-state index contributed by atoms with van der Waals surface area (Å²) in [7, 11) is 0. The van der Waals surface area contributed by atoms with E-state index < -0.39 is 58.5 Å². The Balaban J connectivity index is 0.00000736. The van der Waals surface area contributed by atoms with Crippen LogP contribution in [0, 0.1) is 16.7 Å². The summed E-state index contributed by atoms with van der Waals surface area (Å²) in [6.45, 7) is 5.67. The molecule has 0 heterocycles. The van der Waals surface area contributed by atoms with Crippen LogP contribution in [-0.4, -0.2) is 58.5 Å². The number of hydrogen-bond acceptors (Lipinski definition) is 6. The molecule has 1 aliphatic rings. The van der Waals surface area contributed by atoms with E-state index in [1.807, 2.05) is 0 Å². The van der Waals surface area contributed by atoms with Gasteiger partial charge in [-0.2, -0.15) is 0 Å². The van der Waals surface area contributed by atoms with Crippen LogP contribution in [0.15, 0.2) is 42.5 Å². The zero-order chi connectivity index (χ0) is 33.5. The molecule has 252 valence electrons. The third-order valence-corrected chi connectivity index (χ3v) is 9.68. The molecule has 46 heavy (non-hydrogen) atoms. The van der Waals surface area contributed by atoms with Gasteiger partial charge in [0.25, 0.3) is 5.91 Å². The summed E-state index contributed by atoms with van der Waals surface area (Å²) in [5.74, 6) is -4.52. The number of nitrogens with one attached hydrogen (secondary N) is 3. The highest BCUT2D eigenvalue weighted by Crippen LogP contribution is 2.56. The monoisotopic (exact) mass is 678 g/mol. The number of anilines is 1. The Hall–Kier alpha value is -3.67. The number of carbonyl (C=O) groups excluding carboxylic acids is 3. The first-order chi connectivity index (χ1) is 21.1. The zero-order valence-electron chi connectivity index (χ0n) is 25.5. The van der Waals surface area contributed by atoms with E-state index in [0.717, 1.165) is 0 Å². The highest BCUT2D eigenvalue weighted by Gasteiger charge is 2.58. The van der Waals surface area contributed by atoms with Crippen LogP contribution >= 0.6 is 23.2 Å². The number of halogens is 2. The summed E-state index contributed by atoms with van der Waals surface area (Å²) in [5, 5.41) is 27.9. The standard InChI is InChI=1S/C32H40Cl2N4O7.CH4/c1-31(2)20(14-15-32(31,3)30(45)38-23(28(41)42)9-4-5-16-35)26(39)37-24(29(43)44)17-18-10-12-19(13-11-18)36-27(40)25-21(33)7-6-8-22(25)34;/h6-8,10-13,20,23-24H,4-5,9,14-17,35H2,1-3H3,(H,36,40)(H,37,39)(H,38,45)(H,41,42)(H,43,44);1H4/t20-,23-,24+,32+;/m1./s1. The average molecular weight is 680 g/mol. The summed E-state index contributed by atoms with van der Waals surface area (Å²) >= 11 is 12.2. The molecule has 2 aromatic rings. The lowest BCUT2D eigenvalue weighted by Crippen LogP contribution is -2.54. The molecule has 0 saturated heterocycles. The summed E-state index contributed by atoms with van der Waals surface area (Å²) in [5.41, 5.74) is 4.70. The molecule has 0 bridgehead atoms. The van der Waals surface area contributed by atoms with Crippen molar-refractivity contribution in [3.05, 3.63) is 63.6 Å². The molecule has 0 aliphatic heterocycles. The molecule has 11 nitrogen and oxygen atoms in total. The van der Waals surface area contributed by atoms with Crippen molar-refractivity contribution in [3.63, 3.8) is 0 Å². The maximum absolute atomic E-state index is 13.5. The number of hydrogen-bond donors (Lipinski definition) is 6. The van der Waals surface area contributed by atoms with Gasteiger partial charge in [-0.25, -0.2) is 9.59 Å². The van der Waals surface area contributed by atoms with Gasteiger partial charge in [-0.3, -0.25) is 14.4 Å². The zero-order valence-corrected chi connectivity index (χ0v) is 27.0. The van der Waals surface area contributed by atoms with Crippen molar-refractivity contribution < 1.29 is 34.2 Å². The summed E-state index contributed by atoms with van der Waals surface area (Å²) in [6.07, 6.45) is 2.04. The fourth-order valence-corrected chi connectivity index (χ4v) is 6.34. The largest absolute Gasteiger partial charge is 0.480 e. The minimum atomic E-state index is -1.25. The molecule has 3 rings (SSSR count). The molecule has 0 radical (unpaired) electrons. The second kappa shape index (κ2) is 16.2. The number of unbranched alkanes of at least 4 members (excludes halogenated alkanes) is 1. The van der Waals surface area contributed by atoms with Gasteiger partial charge >= 0.3 is 11.9 Å². The topological polar surface area (TPSA) is 188 Å². The Morgan fingerprint density at radius 2 is 1.50 bits per heavy atom. The summed E-state index contributed by atoms with van der Waals surface area (Å²) in [4.78, 5) is 63.5. The van der Waals surface area contributed by atoms with Crippen LogP contribution in [-0.2, 0) is 25.6 Å². The molecule has 1 saturated carbocycles. The van der Waals surface area contributed by atoms with Crippen LogP contribution in [0.3, 0.4) is 0 Å². The molecule has 13 heteroatoms. The minimum absolute atomic E-state index is 0. The lowest BCUT2D eigenvalue weighted by Gasteiger charge is -2.40. The molecule has 1 aliphatic carbocycles. The molecule has 7 N–H and O–H groups in total. The first kappa shape index (κ1) is 38.5. The number of amides is 3. The van der Waals surface area contributed by atoms with Gasteiger partial charge in [0.05, 0.1) is 21.0 Å². The van der Waals surface area contributed by atoms with E-state index in [1.54, 1.807) is 63.2 Å². The molecule has 0 unspecified atom stereocenters. The predicted octanol–water partition coefficient (Wildman–Crippen LogP) is 5.13. The second-order valence-electron chi connectivity index (χ2n) is 12.1.